The van der Waals surface area contributed by atoms with Gasteiger partial charge in [0, 0.05) is 14.5 Å². The molecule has 0 saturated carbocycles. The molecule has 2 aromatic carbocycles. The fourth-order valence-corrected chi connectivity index (χ4v) is 2.58. The highest BCUT2D eigenvalue weighted by Crippen LogP contribution is 2.31. The summed E-state index contributed by atoms with van der Waals surface area (Å²) in [6.07, 6.45) is 0. The summed E-state index contributed by atoms with van der Waals surface area (Å²) in [5, 5.41) is 10.4. The minimum atomic E-state index is -0.439. The number of fused-ring (bicyclic) bond motifs is 1. The molecule has 0 fully saturated rings. The summed E-state index contributed by atoms with van der Waals surface area (Å²) in [5.74, 6) is -0.199. The minimum Gasteiger partial charge on any atom is -0.502 e. The Morgan fingerprint density at radius 1 is 0.950 bits per heavy atom. The highest BCUT2D eigenvalue weighted by atomic mass is 79.9. The van der Waals surface area contributed by atoms with Gasteiger partial charge in [0.1, 0.15) is 5.58 Å². The van der Waals surface area contributed by atoms with Gasteiger partial charge in [-0.1, -0.05) is 31.9 Å². The van der Waals surface area contributed by atoms with Crippen LogP contribution in [0, 0.1) is 0 Å². The van der Waals surface area contributed by atoms with Gasteiger partial charge in [-0.15, -0.1) is 0 Å². The first-order valence-electron chi connectivity index (χ1n) is 5.77. The SMILES string of the molecule is O=c1c(O)c(-c2ccc(Br)cc2)oc2ccc(Br)cc12. The molecule has 5 heteroatoms. The zero-order valence-electron chi connectivity index (χ0n) is 10.1. The van der Waals surface area contributed by atoms with Crippen molar-refractivity contribution in [1.82, 2.24) is 0 Å². The van der Waals surface area contributed by atoms with Crippen LogP contribution in [0.1, 0.15) is 0 Å². The zero-order valence-corrected chi connectivity index (χ0v) is 13.2. The van der Waals surface area contributed by atoms with Gasteiger partial charge in [0.05, 0.1) is 5.39 Å². The van der Waals surface area contributed by atoms with Crippen LogP contribution in [0.2, 0.25) is 0 Å². The Hall–Kier alpha value is -1.59. The molecular weight excluding hydrogens is 388 g/mol. The lowest BCUT2D eigenvalue weighted by Gasteiger charge is -2.06. The third-order valence-corrected chi connectivity index (χ3v) is 3.96. The second kappa shape index (κ2) is 5.07. The zero-order chi connectivity index (χ0) is 14.3. The van der Waals surface area contributed by atoms with E-state index in [4.69, 9.17) is 4.42 Å². The van der Waals surface area contributed by atoms with Gasteiger partial charge in [-0.05, 0) is 42.5 Å². The topological polar surface area (TPSA) is 50.4 Å². The van der Waals surface area contributed by atoms with Crippen LogP contribution < -0.4 is 5.43 Å². The normalized spacial score (nSPS) is 10.9. The Morgan fingerprint density at radius 2 is 1.60 bits per heavy atom. The Bertz CT molecular complexity index is 851. The van der Waals surface area contributed by atoms with E-state index in [1.807, 2.05) is 12.1 Å². The summed E-state index contributed by atoms with van der Waals surface area (Å²) >= 11 is 6.63. The largest absolute Gasteiger partial charge is 0.502 e. The maximum absolute atomic E-state index is 12.2. The van der Waals surface area contributed by atoms with Gasteiger partial charge >= 0.3 is 0 Å². The van der Waals surface area contributed by atoms with Crippen molar-refractivity contribution in [3.63, 3.8) is 0 Å². The Morgan fingerprint density at radius 3 is 2.30 bits per heavy atom. The van der Waals surface area contributed by atoms with Crippen molar-refractivity contribution in [2.75, 3.05) is 0 Å². The lowest BCUT2D eigenvalue weighted by Crippen LogP contribution is -2.02. The molecule has 0 bridgehead atoms. The quantitative estimate of drug-likeness (QED) is 0.650. The number of aromatic hydroxyl groups is 1. The van der Waals surface area contributed by atoms with E-state index in [0.717, 1.165) is 8.95 Å². The number of halogens is 2. The number of benzene rings is 2. The molecule has 0 aliphatic heterocycles. The van der Waals surface area contributed by atoms with Gasteiger partial charge in [-0.25, -0.2) is 0 Å². The van der Waals surface area contributed by atoms with Gasteiger partial charge < -0.3 is 9.52 Å². The average Bonchev–Trinajstić information content (AvgIpc) is 2.44. The van der Waals surface area contributed by atoms with E-state index in [9.17, 15) is 9.90 Å². The third-order valence-electron chi connectivity index (χ3n) is 2.93. The van der Waals surface area contributed by atoms with E-state index in [-0.39, 0.29) is 11.5 Å². The van der Waals surface area contributed by atoms with Crippen LogP contribution in [-0.2, 0) is 0 Å². The van der Waals surface area contributed by atoms with E-state index in [1.165, 1.54) is 0 Å². The highest BCUT2D eigenvalue weighted by Gasteiger charge is 2.15. The van der Waals surface area contributed by atoms with Gasteiger partial charge in [-0.3, -0.25) is 4.79 Å². The van der Waals surface area contributed by atoms with Crippen molar-refractivity contribution >= 4 is 42.8 Å². The van der Waals surface area contributed by atoms with E-state index < -0.39 is 5.43 Å². The van der Waals surface area contributed by atoms with Crippen LogP contribution in [0.4, 0.5) is 0 Å². The van der Waals surface area contributed by atoms with Crippen molar-refractivity contribution in [2.24, 2.45) is 0 Å². The summed E-state index contributed by atoms with van der Waals surface area (Å²) in [7, 11) is 0. The summed E-state index contributed by atoms with van der Waals surface area (Å²) < 4.78 is 7.34. The maximum atomic E-state index is 12.2. The summed E-state index contributed by atoms with van der Waals surface area (Å²) in [5.41, 5.74) is 0.645. The maximum Gasteiger partial charge on any atom is 0.235 e. The van der Waals surface area contributed by atoms with Gasteiger partial charge in [0.2, 0.25) is 11.2 Å². The van der Waals surface area contributed by atoms with Crippen LogP contribution in [0.25, 0.3) is 22.3 Å². The lowest BCUT2D eigenvalue weighted by atomic mass is 10.1. The first kappa shape index (κ1) is 13.4. The Kier molecular flexibility index (Phi) is 3.40. The molecule has 3 nitrogen and oxygen atoms in total. The molecule has 1 N–H and O–H groups in total. The molecular formula is C15H8Br2O3. The molecule has 100 valence electrons. The van der Waals surface area contributed by atoms with Crippen LogP contribution in [0.15, 0.2) is 60.6 Å². The van der Waals surface area contributed by atoms with Gasteiger partial charge in [0.25, 0.3) is 0 Å². The summed E-state index contributed by atoms with van der Waals surface area (Å²) in [6.45, 7) is 0. The molecule has 0 saturated heterocycles. The molecule has 3 rings (SSSR count). The smallest absolute Gasteiger partial charge is 0.235 e. The third kappa shape index (κ3) is 2.27. The summed E-state index contributed by atoms with van der Waals surface area (Å²) in [6, 6.07) is 12.3. The Balaban J connectivity index is 2.32. The van der Waals surface area contributed by atoms with Crippen LogP contribution in [0.3, 0.4) is 0 Å². The van der Waals surface area contributed by atoms with Crippen molar-refractivity contribution in [3.05, 3.63) is 61.6 Å². The van der Waals surface area contributed by atoms with Crippen molar-refractivity contribution in [3.8, 4) is 17.1 Å². The van der Waals surface area contributed by atoms with E-state index in [0.29, 0.717) is 16.5 Å². The van der Waals surface area contributed by atoms with Crippen LogP contribution >= 0.6 is 31.9 Å². The molecule has 0 atom stereocenters. The Labute approximate surface area is 131 Å². The van der Waals surface area contributed by atoms with Gasteiger partial charge in [0.15, 0.2) is 5.76 Å². The van der Waals surface area contributed by atoms with Crippen molar-refractivity contribution in [2.45, 2.75) is 0 Å². The van der Waals surface area contributed by atoms with E-state index in [1.54, 1.807) is 30.3 Å². The van der Waals surface area contributed by atoms with Crippen LogP contribution in [-0.4, -0.2) is 5.11 Å². The second-order valence-corrected chi connectivity index (χ2v) is 6.09. The fraction of sp³-hybridized carbons (Fsp3) is 0. The second-order valence-electron chi connectivity index (χ2n) is 4.26. The molecule has 0 unspecified atom stereocenters. The molecule has 0 spiro atoms. The lowest BCUT2D eigenvalue weighted by molar-refractivity contribution is 0.449. The van der Waals surface area contributed by atoms with Crippen molar-refractivity contribution in [1.29, 1.82) is 0 Å². The van der Waals surface area contributed by atoms with Gasteiger partial charge in [-0.2, -0.15) is 0 Å². The highest BCUT2D eigenvalue weighted by molar-refractivity contribution is 9.10. The monoisotopic (exact) mass is 394 g/mol. The summed E-state index contributed by atoms with van der Waals surface area (Å²) in [4.78, 5) is 12.2. The number of hydrogen-bond donors (Lipinski definition) is 1. The molecule has 0 amide bonds. The van der Waals surface area contributed by atoms with Crippen molar-refractivity contribution < 1.29 is 9.52 Å². The average molecular weight is 396 g/mol. The molecule has 0 aliphatic carbocycles. The van der Waals surface area contributed by atoms with E-state index in [2.05, 4.69) is 31.9 Å². The predicted molar refractivity (Wildman–Crippen MR) is 85.0 cm³/mol. The molecule has 3 aromatic rings. The predicted octanol–water partition coefficient (Wildman–Crippen LogP) is 4.69. The molecule has 1 heterocycles. The number of hydrogen-bond acceptors (Lipinski definition) is 3. The van der Waals surface area contributed by atoms with Crippen LogP contribution in [0.5, 0.6) is 5.75 Å². The first-order valence-corrected chi connectivity index (χ1v) is 7.36. The number of rotatable bonds is 1. The minimum absolute atomic E-state index is 0.178. The molecule has 1 aromatic heterocycles. The van der Waals surface area contributed by atoms with E-state index >= 15 is 0 Å². The first-order chi connectivity index (χ1) is 9.56. The fourth-order valence-electron chi connectivity index (χ4n) is 1.95. The molecule has 20 heavy (non-hydrogen) atoms. The molecule has 0 aliphatic rings. The molecule has 0 radical (unpaired) electrons. The standard InChI is InChI=1S/C15H8Br2O3/c16-9-3-1-8(2-4-9)15-14(19)13(18)11-7-10(17)5-6-12(11)20-15/h1-7,19H.